The quantitative estimate of drug-likeness (QED) is 0.713. The molecule has 1 atom stereocenters. The van der Waals surface area contributed by atoms with E-state index in [-0.39, 0.29) is 17.2 Å². The molecule has 1 fully saturated rings. The van der Waals surface area contributed by atoms with Crippen LogP contribution in [0.5, 0.6) is 0 Å². The number of carbonyl (C=O) groups excluding carboxylic acids is 1. The summed E-state index contributed by atoms with van der Waals surface area (Å²) in [5.41, 5.74) is 2.10. The van der Waals surface area contributed by atoms with Gasteiger partial charge in [0.05, 0.1) is 4.90 Å². The van der Waals surface area contributed by atoms with Gasteiger partial charge in [-0.3, -0.25) is 4.79 Å². The molecular weight excluding hydrogens is 412 g/mol. The molecule has 1 aromatic heterocycles. The third-order valence-corrected chi connectivity index (χ3v) is 7.55. The molecule has 0 saturated carbocycles. The lowest BCUT2D eigenvalue weighted by Crippen LogP contribution is -2.51. The summed E-state index contributed by atoms with van der Waals surface area (Å²) in [5.74, 6) is 0.360. The van der Waals surface area contributed by atoms with Gasteiger partial charge in [-0.25, -0.2) is 8.42 Å². The highest BCUT2D eigenvalue weighted by Crippen LogP contribution is 2.20. The minimum absolute atomic E-state index is 0.182. The molecule has 2 heterocycles. The molecule has 8 heteroatoms. The molecule has 0 bridgehead atoms. The molecule has 1 aliphatic rings. The van der Waals surface area contributed by atoms with Crippen molar-refractivity contribution in [2.75, 3.05) is 13.1 Å². The lowest BCUT2D eigenvalue weighted by Gasteiger charge is -2.33. The highest BCUT2D eigenvalue weighted by molar-refractivity contribution is 7.89. The third kappa shape index (κ3) is 5.54. The number of rotatable bonds is 7. The zero-order valence-electron chi connectivity index (χ0n) is 18.3. The van der Waals surface area contributed by atoms with Crippen LogP contribution in [0.25, 0.3) is 0 Å². The summed E-state index contributed by atoms with van der Waals surface area (Å²) in [7, 11) is -3.88. The number of nitrogens with one attached hydrogen (secondary N) is 1. The van der Waals surface area contributed by atoms with E-state index >= 15 is 0 Å². The van der Waals surface area contributed by atoms with E-state index < -0.39 is 16.1 Å². The number of piperidine rings is 1. The summed E-state index contributed by atoms with van der Waals surface area (Å²) in [6.07, 6.45) is 3.86. The predicted molar refractivity (Wildman–Crippen MR) is 119 cm³/mol. The molecule has 31 heavy (non-hydrogen) atoms. The second-order valence-electron chi connectivity index (χ2n) is 8.44. The molecule has 0 radical (unpaired) electrons. The molecular formula is C23H30N4O3S. The van der Waals surface area contributed by atoms with Crippen molar-refractivity contribution in [2.45, 2.75) is 57.5 Å². The number of hydrogen-bond donors (Lipinski definition) is 1. The third-order valence-electron chi connectivity index (χ3n) is 5.91. The van der Waals surface area contributed by atoms with E-state index in [1.54, 1.807) is 46.9 Å². The number of nitriles is 1. The number of hydrogen-bond acceptors (Lipinski definition) is 4. The maximum absolute atomic E-state index is 13.3. The Kier molecular flexibility index (Phi) is 7.19. The first-order valence-corrected chi connectivity index (χ1v) is 12.1. The van der Waals surface area contributed by atoms with Crippen LogP contribution in [0, 0.1) is 31.1 Å². The van der Waals surface area contributed by atoms with E-state index in [2.05, 4.69) is 17.7 Å². The zero-order valence-corrected chi connectivity index (χ0v) is 19.2. The molecule has 3 rings (SSSR count). The Hall–Kier alpha value is -2.63. The Labute approximate surface area is 184 Å². The molecule has 166 valence electrons. The summed E-state index contributed by atoms with van der Waals surface area (Å²) in [6.45, 7) is 7.46. The number of aryl methyl sites for hydroxylation is 3. The second kappa shape index (κ2) is 9.67. The van der Waals surface area contributed by atoms with E-state index in [1.165, 1.54) is 0 Å². The molecule has 0 spiro atoms. The van der Waals surface area contributed by atoms with Crippen LogP contribution >= 0.6 is 0 Å². The van der Waals surface area contributed by atoms with Gasteiger partial charge in [0.15, 0.2) is 0 Å². The smallest absolute Gasteiger partial charge is 0.241 e. The van der Waals surface area contributed by atoms with E-state index in [9.17, 15) is 18.5 Å². The van der Waals surface area contributed by atoms with Crippen molar-refractivity contribution < 1.29 is 13.2 Å². The van der Waals surface area contributed by atoms with Crippen molar-refractivity contribution in [3.63, 3.8) is 0 Å². The summed E-state index contributed by atoms with van der Waals surface area (Å²) in [5, 5.41) is 9.24. The molecule has 1 amide bonds. The minimum Gasteiger partial charge on any atom is -0.341 e. The lowest BCUT2D eigenvalue weighted by molar-refractivity contribution is -0.134. The number of aromatic nitrogens is 1. The van der Waals surface area contributed by atoms with Gasteiger partial charge >= 0.3 is 0 Å². The summed E-state index contributed by atoms with van der Waals surface area (Å²) < 4.78 is 30.7. The Morgan fingerprint density at radius 1 is 1.26 bits per heavy atom. The van der Waals surface area contributed by atoms with E-state index in [4.69, 9.17) is 0 Å². The highest BCUT2D eigenvalue weighted by atomic mass is 32.2. The Balaban J connectivity index is 1.83. The number of nitrogens with zero attached hydrogens (tertiary/aromatic N) is 3. The van der Waals surface area contributed by atoms with Crippen LogP contribution in [-0.2, 0) is 21.4 Å². The van der Waals surface area contributed by atoms with Gasteiger partial charge in [-0.15, -0.1) is 0 Å². The van der Waals surface area contributed by atoms with E-state index in [0.29, 0.717) is 36.8 Å². The van der Waals surface area contributed by atoms with Crippen molar-refractivity contribution in [2.24, 2.45) is 5.92 Å². The Bertz CT molecular complexity index is 1080. The largest absolute Gasteiger partial charge is 0.341 e. The van der Waals surface area contributed by atoms with E-state index in [1.807, 2.05) is 13.0 Å². The number of carbonyl (C=O) groups is 1. The van der Waals surface area contributed by atoms with Crippen LogP contribution in [0.2, 0.25) is 0 Å². The average molecular weight is 443 g/mol. The van der Waals surface area contributed by atoms with Crippen molar-refractivity contribution in [1.82, 2.24) is 14.2 Å². The SMILES string of the molecule is Cc1ccc(S(=O)(=O)NC(CCn2cccc2C#N)C(=O)N2CCC(C)CC2)c(C)c1. The molecule has 2 aromatic rings. The Morgan fingerprint density at radius 2 is 1.97 bits per heavy atom. The predicted octanol–water partition coefficient (Wildman–Crippen LogP) is 2.97. The molecule has 1 unspecified atom stereocenters. The monoisotopic (exact) mass is 442 g/mol. The normalized spacial score (nSPS) is 16.1. The first-order valence-electron chi connectivity index (χ1n) is 10.6. The molecule has 0 aliphatic carbocycles. The molecule has 1 N–H and O–H groups in total. The minimum atomic E-state index is -3.88. The maximum atomic E-state index is 13.3. The summed E-state index contributed by atoms with van der Waals surface area (Å²) in [6, 6.07) is 9.83. The van der Waals surface area contributed by atoms with Crippen LogP contribution in [-0.4, -0.2) is 42.9 Å². The van der Waals surface area contributed by atoms with Gasteiger partial charge in [0.2, 0.25) is 15.9 Å². The highest BCUT2D eigenvalue weighted by Gasteiger charge is 2.31. The molecule has 7 nitrogen and oxygen atoms in total. The Morgan fingerprint density at radius 3 is 2.61 bits per heavy atom. The number of sulfonamides is 1. The van der Waals surface area contributed by atoms with Crippen molar-refractivity contribution >= 4 is 15.9 Å². The number of likely N-dealkylation sites (tertiary alicyclic amines) is 1. The first-order chi connectivity index (χ1) is 14.7. The fraction of sp³-hybridized carbons (Fsp3) is 0.478. The van der Waals surface area contributed by atoms with Gasteiger partial charge in [0.1, 0.15) is 17.8 Å². The second-order valence-corrected chi connectivity index (χ2v) is 10.1. The fourth-order valence-electron chi connectivity index (χ4n) is 4.01. The summed E-state index contributed by atoms with van der Waals surface area (Å²) in [4.78, 5) is 15.2. The molecule has 1 aliphatic heterocycles. The van der Waals surface area contributed by atoms with Crippen LogP contribution in [0.3, 0.4) is 0 Å². The van der Waals surface area contributed by atoms with Gasteiger partial charge in [-0.05, 0) is 62.8 Å². The van der Waals surface area contributed by atoms with Crippen LogP contribution in [0.1, 0.15) is 43.0 Å². The summed E-state index contributed by atoms with van der Waals surface area (Å²) >= 11 is 0. The molecule has 1 saturated heterocycles. The van der Waals surface area contributed by atoms with Crippen LogP contribution in [0.4, 0.5) is 0 Å². The van der Waals surface area contributed by atoms with Gasteiger partial charge in [0.25, 0.3) is 0 Å². The van der Waals surface area contributed by atoms with Crippen molar-refractivity contribution in [3.8, 4) is 6.07 Å². The molecule has 1 aromatic carbocycles. The topological polar surface area (TPSA) is 95.2 Å². The first kappa shape index (κ1) is 23.0. The van der Waals surface area contributed by atoms with Crippen LogP contribution < -0.4 is 4.72 Å². The van der Waals surface area contributed by atoms with Gasteiger partial charge in [-0.2, -0.15) is 9.98 Å². The fourth-order valence-corrected chi connectivity index (χ4v) is 5.46. The van der Waals surface area contributed by atoms with Gasteiger partial charge in [0, 0.05) is 25.8 Å². The van der Waals surface area contributed by atoms with Crippen LogP contribution in [0.15, 0.2) is 41.4 Å². The zero-order chi connectivity index (χ0) is 22.6. The maximum Gasteiger partial charge on any atom is 0.241 e. The average Bonchev–Trinajstić information content (AvgIpc) is 3.18. The standard InChI is InChI=1S/C23H30N4O3S/c1-17-8-12-27(13-9-17)23(28)21(10-14-26-11-4-5-20(26)16-24)25-31(29,30)22-7-6-18(2)15-19(22)3/h4-7,11,15,17,21,25H,8-10,12-14H2,1-3H3. The van der Waals surface area contributed by atoms with E-state index in [0.717, 1.165) is 18.4 Å². The van der Waals surface area contributed by atoms with Crippen molar-refractivity contribution in [3.05, 3.63) is 53.3 Å². The number of benzene rings is 1. The van der Waals surface area contributed by atoms with Gasteiger partial charge in [-0.1, -0.05) is 24.6 Å². The van der Waals surface area contributed by atoms with Crippen molar-refractivity contribution in [1.29, 1.82) is 5.26 Å². The number of amides is 1. The van der Waals surface area contributed by atoms with Gasteiger partial charge < -0.3 is 9.47 Å². The lowest BCUT2D eigenvalue weighted by atomic mass is 9.98.